The molecule has 1 aliphatic rings. The number of rotatable bonds is 6. The molecule has 0 N–H and O–H groups in total. The summed E-state index contributed by atoms with van der Waals surface area (Å²) in [5.41, 5.74) is 2.32. The summed E-state index contributed by atoms with van der Waals surface area (Å²) >= 11 is 0. The Balaban J connectivity index is 0.00000289. The van der Waals surface area contributed by atoms with E-state index in [4.69, 9.17) is 9.47 Å². The Bertz CT molecular complexity index is 1170. The predicted octanol–water partition coefficient (Wildman–Crippen LogP) is 4.37. The van der Waals surface area contributed by atoms with Crippen molar-refractivity contribution in [2.75, 3.05) is 19.5 Å². The molecule has 1 saturated heterocycles. The zero-order valence-corrected chi connectivity index (χ0v) is 19.6. The van der Waals surface area contributed by atoms with Gasteiger partial charge < -0.3 is 14.0 Å². The Labute approximate surface area is 193 Å². The van der Waals surface area contributed by atoms with Gasteiger partial charge in [0.1, 0.15) is 28.7 Å². The van der Waals surface area contributed by atoms with Crippen LogP contribution in [0.2, 0.25) is 0 Å². The number of hydrogen-bond acceptors (Lipinski definition) is 5. The van der Waals surface area contributed by atoms with Crippen LogP contribution < -0.4 is 4.74 Å². The number of ether oxygens (including phenoxy) is 2. The van der Waals surface area contributed by atoms with E-state index in [0.717, 1.165) is 17.1 Å². The molecule has 1 aliphatic heterocycles. The molecule has 4 rings (SSSR count). The van der Waals surface area contributed by atoms with Crippen LogP contribution >= 0.6 is 12.4 Å². The first-order valence-corrected chi connectivity index (χ1v) is 12.0. The summed E-state index contributed by atoms with van der Waals surface area (Å²) in [6.45, 7) is 2.81. The van der Waals surface area contributed by atoms with Crippen molar-refractivity contribution in [1.82, 2.24) is 9.55 Å². The SMILES string of the molecule is Cc1nccn1-c1ccc(COc2cc(F)cc(C3(S(C)(=O)=O)CCOCC3)c2)cc1.Cl. The molecule has 2 heterocycles. The second kappa shape index (κ2) is 9.60. The van der Waals surface area contributed by atoms with Crippen LogP contribution in [0.1, 0.15) is 29.8 Å². The highest BCUT2D eigenvalue weighted by molar-refractivity contribution is 7.91. The van der Waals surface area contributed by atoms with E-state index >= 15 is 0 Å². The molecular formula is C23H26ClFN2O4S. The van der Waals surface area contributed by atoms with E-state index in [-0.39, 0.29) is 19.0 Å². The molecular weight excluding hydrogens is 455 g/mol. The second-order valence-electron chi connectivity index (χ2n) is 7.85. The number of nitrogens with zero attached hydrogens (tertiary/aromatic N) is 2. The fourth-order valence-electron chi connectivity index (χ4n) is 4.05. The lowest BCUT2D eigenvalue weighted by molar-refractivity contribution is 0.0740. The molecule has 0 atom stereocenters. The van der Waals surface area contributed by atoms with Gasteiger partial charge in [-0.1, -0.05) is 12.1 Å². The van der Waals surface area contributed by atoms with Gasteiger partial charge in [0.25, 0.3) is 0 Å². The largest absolute Gasteiger partial charge is 0.489 e. The van der Waals surface area contributed by atoms with Crippen molar-refractivity contribution in [3.05, 3.63) is 77.6 Å². The quantitative estimate of drug-likeness (QED) is 0.524. The van der Waals surface area contributed by atoms with Crippen molar-refractivity contribution in [2.45, 2.75) is 31.1 Å². The van der Waals surface area contributed by atoms with Crippen LogP contribution in [0.5, 0.6) is 5.75 Å². The summed E-state index contributed by atoms with van der Waals surface area (Å²) in [6.07, 6.45) is 5.43. The molecule has 1 fully saturated rings. The van der Waals surface area contributed by atoms with Crippen molar-refractivity contribution in [3.63, 3.8) is 0 Å². The van der Waals surface area contributed by atoms with Gasteiger partial charge in [-0.3, -0.25) is 0 Å². The smallest absolute Gasteiger partial charge is 0.157 e. The molecule has 0 amide bonds. The number of imidazole rings is 1. The average molecular weight is 481 g/mol. The summed E-state index contributed by atoms with van der Waals surface area (Å²) in [7, 11) is -3.48. The Hall–Kier alpha value is -2.42. The van der Waals surface area contributed by atoms with E-state index in [0.29, 0.717) is 37.4 Å². The lowest BCUT2D eigenvalue weighted by atomic mass is 9.90. The van der Waals surface area contributed by atoms with E-state index in [1.165, 1.54) is 18.4 Å². The standard InChI is InChI=1S/C23H25FN2O4S.ClH/c1-17-25-9-10-26(17)21-5-3-18(4-6-21)16-30-22-14-19(13-20(24)15-22)23(31(2,27)28)7-11-29-12-8-23;/h3-6,9-10,13-15H,7-8,11-12,16H2,1-2H3;1H. The van der Waals surface area contributed by atoms with Crippen LogP contribution in [0.25, 0.3) is 5.69 Å². The summed E-state index contributed by atoms with van der Waals surface area (Å²) < 4.78 is 51.7. The van der Waals surface area contributed by atoms with Crippen molar-refractivity contribution >= 4 is 22.2 Å². The Morgan fingerprint density at radius 2 is 1.84 bits per heavy atom. The normalized spacial score (nSPS) is 15.7. The van der Waals surface area contributed by atoms with E-state index in [1.807, 2.05) is 42.0 Å². The molecule has 32 heavy (non-hydrogen) atoms. The maximum atomic E-state index is 14.4. The molecule has 9 heteroatoms. The van der Waals surface area contributed by atoms with Crippen LogP contribution in [0.3, 0.4) is 0 Å². The average Bonchev–Trinajstić information content (AvgIpc) is 3.18. The number of sulfone groups is 1. The van der Waals surface area contributed by atoms with E-state index in [9.17, 15) is 12.8 Å². The minimum absolute atomic E-state index is 0. The zero-order chi connectivity index (χ0) is 22.1. The fourth-order valence-corrected chi connectivity index (χ4v) is 5.51. The molecule has 172 valence electrons. The van der Waals surface area contributed by atoms with Gasteiger partial charge in [-0.25, -0.2) is 17.8 Å². The minimum atomic E-state index is -3.48. The number of halogens is 2. The second-order valence-corrected chi connectivity index (χ2v) is 10.2. The molecule has 1 aromatic heterocycles. The molecule has 2 aromatic carbocycles. The number of hydrogen-bond donors (Lipinski definition) is 0. The number of aromatic nitrogens is 2. The fraction of sp³-hybridized carbons (Fsp3) is 0.348. The van der Waals surface area contributed by atoms with Gasteiger partial charge in [0.05, 0.1) is 0 Å². The van der Waals surface area contributed by atoms with Crippen molar-refractivity contribution in [2.24, 2.45) is 0 Å². The molecule has 0 unspecified atom stereocenters. The third-order valence-electron chi connectivity index (χ3n) is 5.85. The molecule has 0 bridgehead atoms. The first-order chi connectivity index (χ1) is 14.8. The summed E-state index contributed by atoms with van der Waals surface area (Å²) in [5, 5.41) is 0. The monoisotopic (exact) mass is 480 g/mol. The third kappa shape index (κ3) is 4.82. The van der Waals surface area contributed by atoms with E-state index in [1.54, 1.807) is 12.3 Å². The van der Waals surface area contributed by atoms with Crippen molar-refractivity contribution in [3.8, 4) is 11.4 Å². The van der Waals surface area contributed by atoms with Crippen LogP contribution in [0, 0.1) is 12.7 Å². The number of benzene rings is 2. The highest BCUT2D eigenvalue weighted by Gasteiger charge is 2.44. The topological polar surface area (TPSA) is 70.4 Å². The summed E-state index contributed by atoms with van der Waals surface area (Å²) in [6, 6.07) is 12.0. The molecule has 0 radical (unpaired) electrons. The van der Waals surface area contributed by atoms with E-state index < -0.39 is 20.4 Å². The first kappa shape index (κ1) is 24.2. The first-order valence-electron chi connectivity index (χ1n) is 10.1. The lowest BCUT2D eigenvalue weighted by Crippen LogP contribution is -2.40. The van der Waals surface area contributed by atoms with Gasteiger partial charge in [-0.2, -0.15) is 0 Å². The van der Waals surface area contributed by atoms with Crippen molar-refractivity contribution in [1.29, 1.82) is 0 Å². The van der Waals surface area contributed by atoms with Crippen molar-refractivity contribution < 1.29 is 22.3 Å². The Kier molecular flexibility index (Phi) is 7.27. The van der Waals surface area contributed by atoms with Crippen LogP contribution in [-0.2, 0) is 25.9 Å². The lowest BCUT2D eigenvalue weighted by Gasteiger charge is -2.36. The maximum absolute atomic E-state index is 14.4. The van der Waals surface area contributed by atoms with Gasteiger partial charge in [-0.15, -0.1) is 12.4 Å². The van der Waals surface area contributed by atoms with Gasteiger partial charge in [0.2, 0.25) is 0 Å². The summed E-state index contributed by atoms with van der Waals surface area (Å²) in [4.78, 5) is 4.22. The summed E-state index contributed by atoms with van der Waals surface area (Å²) in [5.74, 6) is 0.677. The highest BCUT2D eigenvalue weighted by Crippen LogP contribution is 2.41. The van der Waals surface area contributed by atoms with E-state index in [2.05, 4.69) is 4.98 Å². The highest BCUT2D eigenvalue weighted by atomic mass is 35.5. The molecule has 0 spiro atoms. The third-order valence-corrected chi connectivity index (χ3v) is 7.92. The van der Waals surface area contributed by atoms with Crippen LogP contribution in [-0.4, -0.2) is 37.4 Å². The molecule has 3 aromatic rings. The van der Waals surface area contributed by atoms with Gasteiger partial charge in [0.15, 0.2) is 9.84 Å². The molecule has 0 aliphatic carbocycles. The Morgan fingerprint density at radius 3 is 2.44 bits per heavy atom. The van der Waals surface area contributed by atoms with Gasteiger partial charge >= 0.3 is 0 Å². The van der Waals surface area contributed by atoms with Crippen LogP contribution in [0.15, 0.2) is 54.9 Å². The van der Waals surface area contributed by atoms with Crippen LogP contribution in [0.4, 0.5) is 4.39 Å². The molecule has 6 nitrogen and oxygen atoms in total. The molecule has 0 saturated carbocycles. The number of aryl methyl sites for hydroxylation is 1. The Morgan fingerprint density at radius 1 is 1.16 bits per heavy atom. The zero-order valence-electron chi connectivity index (χ0n) is 18.0. The predicted molar refractivity (Wildman–Crippen MR) is 123 cm³/mol. The minimum Gasteiger partial charge on any atom is -0.489 e. The maximum Gasteiger partial charge on any atom is 0.157 e. The van der Waals surface area contributed by atoms with Gasteiger partial charge in [0, 0.05) is 43.6 Å². The van der Waals surface area contributed by atoms with Gasteiger partial charge in [-0.05, 0) is 55.2 Å².